The van der Waals surface area contributed by atoms with Gasteiger partial charge < -0.3 is 5.32 Å². The first-order valence-electron chi connectivity index (χ1n) is 4.05. The molecule has 0 saturated carbocycles. The highest BCUT2D eigenvalue weighted by atomic mass is 32.2. The Morgan fingerprint density at radius 2 is 1.75 bits per heavy atom. The van der Waals surface area contributed by atoms with E-state index in [1.165, 1.54) is 18.5 Å². The second-order valence-electron chi connectivity index (χ2n) is 3.09. The zero-order valence-electron chi connectivity index (χ0n) is 8.40. The summed E-state index contributed by atoms with van der Waals surface area (Å²) in [6, 6.07) is 0. The van der Waals surface area contributed by atoms with E-state index in [0.29, 0.717) is 0 Å². The predicted molar refractivity (Wildman–Crippen MR) is 47.5 cm³/mol. The van der Waals surface area contributed by atoms with Gasteiger partial charge in [0.2, 0.25) is 0 Å². The minimum atomic E-state index is -5.92. The molecule has 0 fully saturated rings. The van der Waals surface area contributed by atoms with Crippen LogP contribution in [0.1, 0.15) is 6.92 Å². The fourth-order valence-electron chi connectivity index (χ4n) is 0.594. The Morgan fingerprint density at radius 3 is 2.06 bits per heavy atom. The van der Waals surface area contributed by atoms with Crippen molar-refractivity contribution in [2.75, 3.05) is 12.8 Å². The molecule has 0 rings (SSSR count). The van der Waals surface area contributed by atoms with Crippen molar-refractivity contribution >= 4 is 16.7 Å². The standard InChI is InChI=1S/C7H10F5NO2S/c1-4(16(2)15)3-13-5(14)6(8,9)7(10,11)12/h4H,3H2,1-2H3,(H,13,14). The predicted octanol–water partition coefficient (Wildman–Crippen LogP) is 1.07. The van der Waals surface area contributed by atoms with Crippen LogP contribution in [0.15, 0.2) is 0 Å². The third kappa shape index (κ3) is 3.69. The number of nitrogens with one attached hydrogen (secondary N) is 1. The van der Waals surface area contributed by atoms with Crippen molar-refractivity contribution in [3.63, 3.8) is 0 Å². The zero-order chi connectivity index (χ0) is 13.1. The van der Waals surface area contributed by atoms with Crippen LogP contribution in [-0.2, 0) is 15.6 Å². The number of carbonyl (C=O) groups excluding carboxylic acids is 1. The van der Waals surface area contributed by atoms with Crippen molar-refractivity contribution in [2.45, 2.75) is 24.3 Å². The molecular formula is C7H10F5NO2S. The average Bonchev–Trinajstić information content (AvgIpc) is 2.11. The third-order valence-corrected chi connectivity index (χ3v) is 3.06. The van der Waals surface area contributed by atoms with E-state index in [1.54, 1.807) is 0 Å². The summed E-state index contributed by atoms with van der Waals surface area (Å²) < 4.78 is 70.6. The topological polar surface area (TPSA) is 46.2 Å². The van der Waals surface area contributed by atoms with Crippen LogP contribution in [-0.4, -0.2) is 40.3 Å². The van der Waals surface area contributed by atoms with Crippen LogP contribution in [0.4, 0.5) is 22.0 Å². The molecule has 0 aromatic rings. The molecule has 0 aliphatic carbocycles. The number of carbonyl (C=O) groups is 1. The molecule has 0 aliphatic heterocycles. The van der Waals surface area contributed by atoms with Gasteiger partial charge in [-0.15, -0.1) is 0 Å². The van der Waals surface area contributed by atoms with Crippen LogP contribution in [0, 0.1) is 0 Å². The molecule has 0 aromatic heterocycles. The fourth-order valence-corrected chi connectivity index (χ4v) is 0.912. The highest BCUT2D eigenvalue weighted by Gasteiger charge is 2.63. The van der Waals surface area contributed by atoms with Gasteiger partial charge in [0.25, 0.3) is 5.91 Å². The Labute approximate surface area is 90.8 Å². The summed E-state index contributed by atoms with van der Waals surface area (Å²) in [6.07, 6.45) is -4.68. The number of hydrogen-bond donors (Lipinski definition) is 1. The van der Waals surface area contributed by atoms with Gasteiger partial charge in [-0.2, -0.15) is 22.0 Å². The van der Waals surface area contributed by atoms with Gasteiger partial charge in [0.15, 0.2) is 0 Å². The summed E-state index contributed by atoms with van der Waals surface area (Å²) in [5.41, 5.74) is 0. The second-order valence-corrected chi connectivity index (χ2v) is 4.89. The molecule has 1 N–H and O–H groups in total. The fraction of sp³-hybridized carbons (Fsp3) is 0.857. The Hall–Kier alpha value is -0.730. The van der Waals surface area contributed by atoms with Crippen molar-refractivity contribution in [3.8, 4) is 0 Å². The van der Waals surface area contributed by atoms with Crippen LogP contribution in [0.5, 0.6) is 0 Å². The largest absolute Gasteiger partial charge is 0.463 e. The molecule has 96 valence electrons. The first-order chi connectivity index (χ1) is 7.00. The number of halogens is 5. The highest BCUT2D eigenvalue weighted by Crippen LogP contribution is 2.35. The van der Waals surface area contributed by atoms with Gasteiger partial charge >= 0.3 is 12.1 Å². The maximum absolute atomic E-state index is 12.4. The van der Waals surface area contributed by atoms with Gasteiger partial charge in [0.05, 0.1) is 0 Å². The Balaban J connectivity index is 4.44. The van der Waals surface area contributed by atoms with E-state index in [-0.39, 0.29) is 0 Å². The number of hydrogen-bond acceptors (Lipinski definition) is 2. The third-order valence-electron chi connectivity index (χ3n) is 1.76. The lowest BCUT2D eigenvalue weighted by Gasteiger charge is -2.19. The van der Waals surface area contributed by atoms with Crippen LogP contribution >= 0.6 is 0 Å². The maximum Gasteiger partial charge on any atom is 0.463 e. The van der Waals surface area contributed by atoms with E-state index in [9.17, 15) is 31.0 Å². The van der Waals surface area contributed by atoms with Gasteiger partial charge in [-0.05, 0) is 6.92 Å². The molecule has 0 heterocycles. The van der Waals surface area contributed by atoms with Crippen LogP contribution in [0.2, 0.25) is 0 Å². The van der Waals surface area contributed by atoms with Crippen molar-refractivity contribution in [1.29, 1.82) is 0 Å². The molecule has 0 aromatic carbocycles. The van der Waals surface area contributed by atoms with Gasteiger partial charge in [-0.3, -0.25) is 9.00 Å². The van der Waals surface area contributed by atoms with Crippen LogP contribution in [0.3, 0.4) is 0 Å². The monoisotopic (exact) mass is 267 g/mol. The number of alkyl halides is 5. The minimum Gasteiger partial charge on any atom is -0.349 e. The molecule has 0 spiro atoms. The molecule has 0 radical (unpaired) electrons. The van der Waals surface area contributed by atoms with Crippen molar-refractivity contribution in [1.82, 2.24) is 5.32 Å². The smallest absolute Gasteiger partial charge is 0.349 e. The molecule has 1 amide bonds. The lowest BCUT2D eigenvalue weighted by molar-refractivity contribution is -0.269. The Morgan fingerprint density at radius 1 is 1.31 bits per heavy atom. The van der Waals surface area contributed by atoms with E-state index < -0.39 is 40.6 Å². The second kappa shape index (κ2) is 5.07. The SMILES string of the molecule is CC(CNC(=O)C(F)(F)C(F)(F)F)S(C)=O. The lowest BCUT2D eigenvalue weighted by Crippen LogP contribution is -2.51. The van der Waals surface area contributed by atoms with Crippen LogP contribution < -0.4 is 5.32 Å². The average molecular weight is 267 g/mol. The summed E-state index contributed by atoms with van der Waals surface area (Å²) in [6.45, 7) is 0.843. The normalized spacial score (nSPS) is 16.7. The quantitative estimate of drug-likeness (QED) is 0.774. The zero-order valence-corrected chi connectivity index (χ0v) is 9.22. The van der Waals surface area contributed by atoms with Gasteiger partial charge in [-0.1, -0.05) is 0 Å². The van der Waals surface area contributed by atoms with Crippen molar-refractivity contribution in [3.05, 3.63) is 0 Å². The molecule has 0 bridgehead atoms. The highest BCUT2D eigenvalue weighted by molar-refractivity contribution is 7.84. The minimum absolute atomic E-state index is 0.506. The lowest BCUT2D eigenvalue weighted by atomic mass is 10.3. The number of rotatable bonds is 4. The molecule has 3 nitrogen and oxygen atoms in total. The molecule has 0 saturated heterocycles. The van der Waals surface area contributed by atoms with Gasteiger partial charge in [0.1, 0.15) is 0 Å². The summed E-state index contributed by atoms with van der Waals surface area (Å²) >= 11 is 0. The van der Waals surface area contributed by atoms with E-state index >= 15 is 0 Å². The number of amides is 1. The Bertz CT molecular complexity index is 291. The van der Waals surface area contributed by atoms with E-state index in [2.05, 4.69) is 0 Å². The van der Waals surface area contributed by atoms with E-state index in [1.807, 2.05) is 0 Å². The van der Waals surface area contributed by atoms with Crippen molar-refractivity contribution < 1.29 is 31.0 Å². The van der Waals surface area contributed by atoms with Gasteiger partial charge in [0, 0.05) is 28.9 Å². The first kappa shape index (κ1) is 15.3. The molecule has 9 heteroatoms. The van der Waals surface area contributed by atoms with Crippen molar-refractivity contribution in [2.24, 2.45) is 0 Å². The summed E-state index contributed by atoms with van der Waals surface area (Å²) in [4.78, 5) is 10.6. The summed E-state index contributed by atoms with van der Waals surface area (Å²) in [7, 11) is -1.42. The molecular weight excluding hydrogens is 257 g/mol. The Kier molecular flexibility index (Phi) is 4.84. The maximum atomic E-state index is 12.4. The molecule has 2 atom stereocenters. The molecule has 2 unspecified atom stereocenters. The van der Waals surface area contributed by atoms with Gasteiger partial charge in [-0.25, -0.2) is 0 Å². The van der Waals surface area contributed by atoms with E-state index in [4.69, 9.17) is 0 Å². The van der Waals surface area contributed by atoms with E-state index in [0.717, 1.165) is 0 Å². The van der Waals surface area contributed by atoms with Crippen LogP contribution in [0.25, 0.3) is 0 Å². The molecule has 16 heavy (non-hydrogen) atoms. The summed E-state index contributed by atoms with van der Waals surface area (Å²) in [5.74, 6) is -7.86. The summed E-state index contributed by atoms with van der Waals surface area (Å²) in [5, 5.41) is 0.708. The molecule has 0 aliphatic rings. The first-order valence-corrected chi connectivity index (χ1v) is 5.67.